The van der Waals surface area contributed by atoms with Gasteiger partial charge in [-0.15, -0.1) is 0 Å². The second-order valence-electron chi connectivity index (χ2n) is 20.4. The molecule has 0 atom stereocenters. The summed E-state index contributed by atoms with van der Waals surface area (Å²) in [5.74, 6) is 2.45. The third kappa shape index (κ3) is 8.00. The minimum absolute atomic E-state index is 0.00671. The van der Waals surface area contributed by atoms with Crippen molar-refractivity contribution in [3.63, 3.8) is 0 Å². The first-order chi connectivity index (χ1) is 27.7. The Labute approximate surface area is 352 Å². The fraction of sp³-hybridized carbons (Fsp3) is 0.315. The second kappa shape index (κ2) is 14.5. The van der Waals surface area contributed by atoms with Crippen molar-refractivity contribution in [2.45, 2.75) is 99.3 Å². The molecule has 0 fully saturated rings. The van der Waals surface area contributed by atoms with Crippen LogP contribution < -0.4 is 14.5 Å². The van der Waals surface area contributed by atoms with Crippen LogP contribution >= 0.6 is 0 Å². The molecule has 0 N–H and O–H groups in total. The van der Waals surface area contributed by atoms with Crippen LogP contribution in [0, 0.1) is 5.41 Å². The molecular weight excluding hydrogens is 721 g/mol. The fourth-order valence-corrected chi connectivity index (χ4v) is 8.10. The van der Waals surface area contributed by atoms with Gasteiger partial charge in [-0.2, -0.15) is 0 Å². The lowest BCUT2D eigenvalue weighted by molar-refractivity contribution is 0.483. The quantitative estimate of drug-likeness (QED) is 0.168. The van der Waals surface area contributed by atoms with Crippen LogP contribution in [0.2, 0.25) is 0 Å². The Bertz CT molecular complexity index is 2680. The van der Waals surface area contributed by atoms with E-state index in [2.05, 4.69) is 225 Å². The minimum Gasteiger partial charge on any atom is -0.457 e. The van der Waals surface area contributed by atoms with Gasteiger partial charge in [-0.25, -0.2) is 4.98 Å². The molecule has 0 saturated carbocycles. The first kappa shape index (κ1) is 40.0. The molecule has 59 heavy (non-hydrogen) atoms. The predicted octanol–water partition coefficient (Wildman–Crippen LogP) is 14.7. The van der Waals surface area contributed by atoms with Gasteiger partial charge in [0.2, 0.25) is 0 Å². The summed E-state index contributed by atoms with van der Waals surface area (Å²) in [5, 5.41) is 2.35. The van der Waals surface area contributed by atoms with Crippen molar-refractivity contribution in [3.05, 3.63) is 156 Å². The van der Waals surface area contributed by atoms with Crippen LogP contribution in [0.1, 0.15) is 99.8 Å². The second-order valence-corrected chi connectivity index (χ2v) is 20.4. The molecule has 0 saturated heterocycles. The van der Waals surface area contributed by atoms with Crippen molar-refractivity contribution < 1.29 is 4.74 Å². The molecule has 5 aromatic carbocycles. The molecule has 0 amide bonds. The Morgan fingerprint density at radius 1 is 0.492 bits per heavy atom. The third-order valence-corrected chi connectivity index (χ3v) is 11.6. The molecule has 0 aliphatic carbocycles. The zero-order valence-electron chi connectivity index (χ0n) is 37.1. The lowest BCUT2D eigenvalue weighted by Gasteiger charge is -2.33. The molecule has 0 radical (unpaired) electrons. The number of hydrogen-bond acceptors (Lipinski definition) is 4. The van der Waals surface area contributed by atoms with E-state index < -0.39 is 0 Å². The number of ether oxygens (including phenoxy) is 1. The highest BCUT2D eigenvalue weighted by Crippen LogP contribution is 2.43. The Balaban J connectivity index is 1.23. The van der Waals surface area contributed by atoms with Crippen molar-refractivity contribution in [2.24, 2.45) is 5.41 Å². The van der Waals surface area contributed by atoms with Crippen molar-refractivity contribution in [3.8, 4) is 28.4 Å². The van der Waals surface area contributed by atoms with E-state index in [4.69, 9.17) is 9.72 Å². The smallest absolute Gasteiger partial charge is 0.137 e. The largest absolute Gasteiger partial charge is 0.457 e. The van der Waals surface area contributed by atoms with Crippen LogP contribution in [0.15, 0.2) is 139 Å². The highest BCUT2D eigenvalue weighted by atomic mass is 16.5. The van der Waals surface area contributed by atoms with Crippen molar-refractivity contribution in [1.82, 2.24) is 9.55 Å². The summed E-state index contributed by atoms with van der Waals surface area (Å²) in [5.41, 5.74) is 11.9. The van der Waals surface area contributed by atoms with Gasteiger partial charge in [0.1, 0.15) is 17.3 Å². The monoisotopic (exact) mass is 780 g/mol. The highest BCUT2D eigenvalue weighted by Gasteiger charge is 2.33. The summed E-state index contributed by atoms with van der Waals surface area (Å²) in [4.78, 5) is 9.80. The molecule has 5 heteroatoms. The SMILES string of the molecule is CC(C)(C)C1=CN(c2cc(Oc3ccc4c5ccccc5n(-c5cc(C(C)(C)C)ccn5)c4c3)cc(-c3ccccc3)c2)CN1c1cc(C(C)(C)C)cc(C(C)(C)C)c1. The highest BCUT2D eigenvalue weighted by molar-refractivity contribution is 6.09. The predicted molar refractivity (Wildman–Crippen MR) is 250 cm³/mol. The number of pyridine rings is 1. The number of allylic oxidation sites excluding steroid dienone is 1. The van der Waals surface area contributed by atoms with Crippen LogP contribution in [-0.4, -0.2) is 16.2 Å². The van der Waals surface area contributed by atoms with Gasteiger partial charge in [0, 0.05) is 57.8 Å². The van der Waals surface area contributed by atoms with Gasteiger partial charge in [0.15, 0.2) is 0 Å². The number of fused-ring (bicyclic) bond motifs is 3. The van der Waals surface area contributed by atoms with Crippen LogP contribution in [0.4, 0.5) is 11.4 Å². The Morgan fingerprint density at radius 3 is 1.80 bits per heavy atom. The average Bonchev–Trinajstić information content (AvgIpc) is 3.78. The van der Waals surface area contributed by atoms with E-state index in [0.717, 1.165) is 50.6 Å². The van der Waals surface area contributed by atoms with Gasteiger partial charge in [-0.3, -0.25) is 4.57 Å². The number of anilines is 2. The number of nitrogens with zero attached hydrogens (tertiary/aromatic N) is 4. The lowest BCUT2D eigenvalue weighted by atomic mass is 9.80. The molecule has 8 rings (SSSR count). The van der Waals surface area contributed by atoms with E-state index in [0.29, 0.717) is 6.67 Å². The van der Waals surface area contributed by atoms with E-state index in [1.807, 2.05) is 6.20 Å². The summed E-state index contributed by atoms with van der Waals surface area (Å²) in [6, 6.07) is 43.8. The molecule has 3 heterocycles. The molecule has 0 spiro atoms. The van der Waals surface area contributed by atoms with Crippen molar-refractivity contribution in [1.29, 1.82) is 0 Å². The third-order valence-electron chi connectivity index (χ3n) is 11.6. The minimum atomic E-state index is -0.0973. The molecule has 302 valence electrons. The van der Waals surface area contributed by atoms with Crippen LogP contribution in [-0.2, 0) is 16.2 Å². The summed E-state index contributed by atoms with van der Waals surface area (Å²) in [6.45, 7) is 28.2. The Morgan fingerprint density at radius 2 is 1.14 bits per heavy atom. The molecular formula is C54H60N4O. The van der Waals surface area contributed by atoms with Gasteiger partial charge >= 0.3 is 0 Å². The maximum absolute atomic E-state index is 6.93. The van der Waals surface area contributed by atoms with Crippen LogP contribution in [0.5, 0.6) is 11.5 Å². The van der Waals surface area contributed by atoms with Crippen LogP contribution in [0.3, 0.4) is 0 Å². The zero-order valence-corrected chi connectivity index (χ0v) is 37.1. The number of hydrogen-bond donors (Lipinski definition) is 0. The van der Waals surface area contributed by atoms with Gasteiger partial charge in [0.05, 0.1) is 17.7 Å². The number of benzene rings is 5. The Kier molecular flexibility index (Phi) is 9.81. The van der Waals surface area contributed by atoms with Gasteiger partial charge in [-0.1, -0.05) is 138 Å². The molecule has 0 unspecified atom stereocenters. The standard InChI is InChI=1S/C54H60N4O/c1-51(2,3)38-24-25-55-50(31-38)58-47-21-17-16-20-45(47)46-23-22-43(33-48(46)58)59-44-27-37(36-18-14-13-15-19-36)26-41(32-44)56-34-49(54(10,11)12)57(35-56)42-29-39(52(4,5)6)28-40(30-42)53(7,8)9/h13-34H,35H2,1-12H3. The fourth-order valence-electron chi connectivity index (χ4n) is 8.10. The maximum Gasteiger partial charge on any atom is 0.137 e. The molecule has 1 aliphatic rings. The molecule has 0 bridgehead atoms. The maximum atomic E-state index is 6.93. The van der Waals surface area contributed by atoms with E-state index in [1.165, 1.54) is 33.5 Å². The van der Waals surface area contributed by atoms with Crippen molar-refractivity contribution in [2.75, 3.05) is 16.5 Å². The number of aromatic nitrogens is 2. The summed E-state index contributed by atoms with van der Waals surface area (Å²) >= 11 is 0. The summed E-state index contributed by atoms with van der Waals surface area (Å²) in [7, 11) is 0. The van der Waals surface area contributed by atoms with E-state index in [1.54, 1.807) is 0 Å². The molecule has 5 nitrogen and oxygen atoms in total. The average molecular weight is 781 g/mol. The number of para-hydroxylation sites is 1. The topological polar surface area (TPSA) is 33.5 Å². The van der Waals surface area contributed by atoms with Gasteiger partial charge < -0.3 is 14.5 Å². The summed E-state index contributed by atoms with van der Waals surface area (Å²) in [6.07, 6.45) is 4.27. The Hall–Kier alpha value is -5.81. The van der Waals surface area contributed by atoms with Crippen molar-refractivity contribution >= 4 is 33.2 Å². The van der Waals surface area contributed by atoms with E-state index in [-0.39, 0.29) is 21.7 Å². The summed E-state index contributed by atoms with van der Waals surface area (Å²) < 4.78 is 9.20. The lowest BCUT2D eigenvalue weighted by Crippen LogP contribution is -2.31. The van der Waals surface area contributed by atoms with E-state index in [9.17, 15) is 0 Å². The molecule has 2 aromatic heterocycles. The zero-order chi connectivity index (χ0) is 42.1. The van der Waals surface area contributed by atoms with E-state index >= 15 is 0 Å². The molecule has 1 aliphatic heterocycles. The van der Waals surface area contributed by atoms with Gasteiger partial charge in [0.25, 0.3) is 0 Å². The van der Waals surface area contributed by atoms with Crippen LogP contribution in [0.25, 0.3) is 38.8 Å². The first-order valence-electron chi connectivity index (χ1n) is 21.1. The first-order valence-corrected chi connectivity index (χ1v) is 21.1. The molecule has 7 aromatic rings. The normalized spacial score (nSPS) is 14.1. The number of rotatable bonds is 6. The van der Waals surface area contributed by atoms with Gasteiger partial charge in [-0.05, 0) is 98.7 Å².